The van der Waals surface area contributed by atoms with Gasteiger partial charge in [-0.15, -0.1) is 0 Å². The quantitative estimate of drug-likeness (QED) is 0.815. The van der Waals surface area contributed by atoms with Crippen molar-refractivity contribution in [3.8, 4) is 5.75 Å². The molecule has 1 heterocycles. The molecule has 0 spiro atoms. The van der Waals surface area contributed by atoms with Crippen LogP contribution in [-0.2, 0) is 14.6 Å². The number of sulfone groups is 1. The lowest BCUT2D eigenvalue weighted by Gasteiger charge is -2.15. The molecule has 7 nitrogen and oxygen atoms in total. The highest BCUT2D eigenvalue weighted by molar-refractivity contribution is 7.91. The number of carboxylic acids is 1. The van der Waals surface area contributed by atoms with E-state index in [0.29, 0.717) is 28.9 Å². The topological polar surface area (TPSA) is 110 Å². The monoisotopic (exact) mass is 341 g/mol. The minimum Gasteiger partial charge on any atom is -0.481 e. The lowest BCUT2D eigenvalue weighted by atomic mass is 10.0. The number of aliphatic carboxylic acids is 1. The van der Waals surface area contributed by atoms with E-state index in [-0.39, 0.29) is 23.5 Å². The molecule has 1 saturated heterocycles. The fourth-order valence-corrected chi connectivity index (χ4v) is 4.29. The molecule has 1 aromatic rings. The van der Waals surface area contributed by atoms with Gasteiger partial charge in [-0.05, 0) is 43.5 Å². The van der Waals surface area contributed by atoms with Gasteiger partial charge in [0, 0.05) is 11.6 Å². The Labute approximate surface area is 134 Å². The first-order chi connectivity index (χ1) is 10.7. The number of ether oxygens (including phenoxy) is 1. The van der Waals surface area contributed by atoms with Gasteiger partial charge in [0.05, 0.1) is 11.5 Å². The Bertz CT molecular complexity index is 717. The number of hydrogen-bond acceptors (Lipinski definition) is 5. The summed E-state index contributed by atoms with van der Waals surface area (Å²) < 4.78 is 28.1. The third kappa shape index (κ3) is 4.44. The van der Waals surface area contributed by atoms with Gasteiger partial charge in [-0.25, -0.2) is 13.2 Å². The number of aryl methyl sites for hydroxylation is 2. The molecule has 1 atom stereocenters. The first-order valence-corrected chi connectivity index (χ1v) is 8.97. The van der Waals surface area contributed by atoms with Crippen molar-refractivity contribution in [2.24, 2.45) is 0 Å². The summed E-state index contributed by atoms with van der Waals surface area (Å²) >= 11 is 0. The number of carbonyl (C=O) groups is 2. The largest absolute Gasteiger partial charge is 0.481 e. The molecule has 0 bridgehead atoms. The number of rotatable bonds is 5. The van der Waals surface area contributed by atoms with Gasteiger partial charge in [0.1, 0.15) is 5.75 Å². The van der Waals surface area contributed by atoms with Crippen molar-refractivity contribution in [3.63, 3.8) is 0 Å². The Kier molecular flexibility index (Phi) is 4.93. The molecule has 1 aliphatic rings. The molecule has 1 fully saturated rings. The van der Waals surface area contributed by atoms with Crippen LogP contribution in [0.3, 0.4) is 0 Å². The normalized spacial score (nSPS) is 19.3. The van der Waals surface area contributed by atoms with Crippen LogP contribution in [-0.4, -0.2) is 49.6 Å². The molecule has 23 heavy (non-hydrogen) atoms. The van der Waals surface area contributed by atoms with Gasteiger partial charge in [-0.1, -0.05) is 0 Å². The van der Waals surface area contributed by atoms with E-state index in [1.165, 1.54) is 0 Å². The number of nitrogens with one attached hydrogen (secondary N) is 1. The van der Waals surface area contributed by atoms with Gasteiger partial charge in [-0.3, -0.25) is 4.79 Å². The molecule has 0 radical (unpaired) electrons. The van der Waals surface area contributed by atoms with Crippen LogP contribution in [0.2, 0.25) is 0 Å². The van der Waals surface area contributed by atoms with Gasteiger partial charge in [-0.2, -0.15) is 0 Å². The molecule has 0 aliphatic carbocycles. The summed E-state index contributed by atoms with van der Waals surface area (Å²) in [5, 5.41) is 11.4. The van der Waals surface area contributed by atoms with E-state index in [1.807, 2.05) is 0 Å². The third-order valence-corrected chi connectivity index (χ3v) is 5.40. The Hall–Kier alpha value is -2.09. The first-order valence-electron chi connectivity index (χ1n) is 7.15. The van der Waals surface area contributed by atoms with Crippen molar-refractivity contribution in [1.82, 2.24) is 5.32 Å². The zero-order valence-corrected chi connectivity index (χ0v) is 13.8. The molecule has 0 aromatic heterocycles. The summed E-state index contributed by atoms with van der Waals surface area (Å²) in [6.07, 6.45) is 0.422. The van der Waals surface area contributed by atoms with E-state index in [0.717, 1.165) is 0 Å². The molecule has 2 rings (SSSR count). The maximum atomic E-state index is 12.3. The minimum absolute atomic E-state index is 0.0312. The second-order valence-electron chi connectivity index (χ2n) is 5.70. The standard InChI is InChI=1S/C15H19NO6S/c1-9-5-11(6-10(2)14(9)22-7-13(17)18)15(19)16-12-3-4-23(20,21)8-12/h5-6,12H,3-4,7-8H2,1-2H3,(H,16,19)(H,17,18). The Morgan fingerprint density at radius 2 is 1.91 bits per heavy atom. The van der Waals surface area contributed by atoms with E-state index in [9.17, 15) is 18.0 Å². The second-order valence-corrected chi connectivity index (χ2v) is 7.92. The minimum atomic E-state index is -3.05. The van der Waals surface area contributed by atoms with E-state index in [2.05, 4.69) is 5.32 Å². The number of hydrogen-bond donors (Lipinski definition) is 2. The lowest BCUT2D eigenvalue weighted by Crippen LogP contribution is -2.35. The summed E-state index contributed by atoms with van der Waals surface area (Å²) in [7, 11) is -3.05. The number of benzene rings is 1. The van der Waals surface area contributed by atoms with Gasteiger partial charge >= 0.3 is 5.97 Å². The summed E-state index contributed by atoms with van der Waals surface area (Å²) in [4.78, 5) is 22.8. The van der Waals surface area contributed by atoms with E-state index >= 15 is 0 Å². The summed E-state index contributed by atoms with van der Waals surface area (Å²) in [6, 6.07) is 2.84. The maximum Gasteiger partial charge on any atom is 0.341 e. The van der Waals surface area contributed by atoms with Crippen LogP contribution in [0.4, 0.5) is 0 Å². The van der Waals surface area contributed by atoms with Crippen LogP contribution in [0.5, 0.6) is 5.75 Å². The number of amides is 1. The van der Waals surface area contributed by atoms with Crippen LogP contribution >= 0.6 is 0 Å². The van der Waals surface area contributed by atoms with Crippen molar-refractivity contribution in [1.29, 1.82) is 0 Å². The van der Waals surface area contributed by atoms with E-state index in [1.54, 1.807) is 26.0 Å². The molecule has 2 N–H and O–H groups in total. The Morgan fingerprint density at radius 1 is 1.30 bits per heavy atom. The van der Waals surface area contributed by atoms with Crippen LogP contribution in [0.1, 0.15) is 27.9 Å². The second kappa shape index (κ2) is 6.57. The first kappa shape index (κ1) is 17.3. The molecule has 1 aromatic carbocycles. The third-order valence-electron chi connectivity index (χ3n) is 3.63. The predicted octanol–water partition coefficient (Wildman–Crippen LogP) is 0.684. The van der Waals surface area contributed by atoms with Crippen molar-refractivity contribution >= 4 is 21.7 Å². The van der Waals surface area contributed by atoms with Crippen LogP contribution in [0.15, 0.2) is 12.1 Å². The molecule has 1 aliphatic heterocycles. The smallest absolute Gasteiger partial charge is 0.341 e. The molecule has 8 heteroatoms. The maximum absolute atomic E-state index is 12.3. The molecular formula is C15H19NO6S. The number of carbonyl (C=O) groups excluding carboxylic acids is 1. The Morgan fingerprint density at radius 3 is 2.39 bits per heavy atom. The molecule has 0 saturated carbocycles. The highest BCUT2D eigenvalue weighted by atomic mass is 32.2. The summed E-state index contributed by atoms with van der Waals surface area (Å²) in [5.74, 6) is -0.919. The van der Waals surface area contributed by atoms with Crippen LogP contribution in [0, 0.1) is 13.8 Å². The molecule has 1 amide bonds. The van der Waals surface area contributed by atoms with Crippen molar-refractivity contribution in [2.75, 3.05) is 18.1 Å². The summed E-state index contributed by atoms with van der Waals surface area (Å²) in [5.41, 5.74) is 1.69. The van der Waals surface area contributed by atoms with Gasteiger partial charge < -0.3 is 15.2 Å². The van der Waals surface area contributed by atoms with Crippen LogP contribution in [0.25, 0.3) is 0 Å². The van der Waals surface area contributed by atoms with E-state index < -0.39 is 22.4 Å². The zero-order chi connectivity index (χ0) is 17.2. The average Bonchev–Trinajstić information content (AvgIpc) is 2.76. The molecule has 126 valence electrons. The lowest BCUT2D eigenvalue weighted by molar-refractivity contribution is -0.139. The highest BCUT2D eigenvalue weighted by Crippen LogP contribution is 2.25. The van der Waals surface area contributed by atoms with Gasteiger partial charge in [0.25, 0.3) is 5.91 Å². The predicted molar refractivity (Wildman–Crippen MR) is 83.6 cm³/mol. The Balaban J connectivity index is 2.11. The van der Waals surface area contributed by atoms with Gasteiger partial charge in [0.2, 0.25) is 0 Å². The SMILES string of the molecule is Cc1cc(C(=O)NC2CCS(=O)(=O)C2)cc(C)c1OCC(=O)O. The van der Waals surface area contributed by atoms with Crippen molar-refractivity contribution in [2.45, 2.75) is 26.3 Å². The fourth-order valence-electron chi connectivity index (χ4n) is 2.62. The zero-order valence-electron chi connectivity index (χ0n) is 13.0. The summed E-state index contributed by atoms with van der Waals surface area (Å²) in [6.45, 7) is 3.00. The van der Waals surface area contributed by atoms with E-state index in [4.69, 9.17) is 9.84 Å². The average molecular weight is 341 g/mol. The highest BCUT2D eigenvalue weighted by Gasteiger charge is 2.29. The fraction of sp³-hybridized carbons (Fsp3) is 0.467. The van der Waals surface area contributed by atoms with Crippen molar-refractivity contribution < 1.29 is 27.9 Å². The van der Waals surface area contributed by atoms with Gasteiger partial charge in [0.15, 0.2) is 16.4 Å². The number of carboxylic acid groups (broad SMARTS) is 1. The van der Waals surface area contributed by atoms with Crippen molar-refractivity contribution in [3.05, 3.63) is 28.8 Å². The molecule has 1 unspecified atom stereocenters. The molecular weight excluding hydrogens is 322 g/mol. The van der Waals surface area contributed by atoms with Crippen LogP contribution < -0.4 is 10.1 Å².